The summed E-state index contributed by atoms with van der Waals surface area (Å²) in [6.07, 6.45) is 0.998. The van der Waals surface area contributed by atoms with Crippen LogP contribution in [-0.4, -0.2) is 23.0 Å². The summed E-state index contributed by atoms with van der Waals surface area (Å²) in [5.41, 5.74) is 4.29. The summed E-state index contributed by atoms with van der Waals surface area (Å²) in [5.74, 6) is 0.561. The van der Waals surface area contributed by atoms with Crippen LogP contribution in [0.1, 0.15) is 6.42 Å². The van der Waals surface area contributed by atoms with Crippen LogP contribution >= 0.6 is 22.6 Å². The SMILES string of the molecule is IC1CC2=NNCC2CO1. The quantitative estimate of drug-likeness (QED) is 0.509. The number of nitrogens with one attached hydrogen (secondary N) is 1. The van der Waals surface area contributed by atoms with E-state index in [1.165, 1.54) is 5.71 Å². The van der Waals surface area contributed by atoms with E-state index in [9.17, 15) is 0 Å². The smallest absolute Gasteiger partial charge is 0.114 e. The Morgan fingerprint density at radius 2 is 2.60 bits per heavy atom. The monoisotopic (exact) mass is 252 g/mol. The van der Waals surface area contributed by atoms with Gasteiger partial charge in [0.1, 0.15) is 4.11 Å². The van der Waals surface area contributed by atoms with Gasteiger partial charge in [0.05, 0.1) is 6.61 Å². The molecule has 2 unspecified atom stereocenters. The zero-order valence-electron chi connectivity index (χ0n) is 5.51. The lowest BCUT2D eigenvalue weighted by atomic mass is 10.0. The van der Waals surface area contributed by atoms with Crippen LogP contribution in [0.15, 0.2) is 5.10 Å². The number of fused-ring (bicyclic) bond motifs is 1. The molecule has 0 aromatic heterocycles. The molecule has 0 aliphatic carbocycles. The van der Waals surface area contributed by atoms with Gasteiger partial charge in [-0.25, -0.2) is 0 Å². The van der Waals surface area contributed by atoms with E-state index in [1.54, 1.807) is 0 Å². The van der Waals surface area contributed by atoms with Gasteiger partial charge in [-0.05, 0) is 0 Å². The van der Waals surface area contributed by atoms with Crippen molar-refractivity contribution >= 4 is 28.3 Å². The number of halogens is 1. The molecule has 2 aliphatic heterocycles. The van der Waals surface area contributed by atoms with Gasteiger partial charge in [0, 0.05) is 24.6 Å². The van der Waals surface area contributed by atoms with E-state index >= 15 is 0 Å². The summed E-state index contributed by atoms with van der Waals surface area (Å²) in [7, 11) is 0. The fraction of sp³-hybridized carbons (Fsp3) is 0.833. The Kier molecular flexibility index (Phi) is 1.82. The fourth-order valence-corrected chi connectivity index (χ4v) is 1.94. The average Bonchev–Trinajstić information content (AvgIpc) is 2.33. The number of hydrogen-bond acceptors (Lipinski definition) is 3. The Balaban J connectivity index is 2.07. The van der Waals surface area contributed by atoms with E-state index in [4.69, 9.17) is 4.74 Å². The fourth-order valence-electron chi connectivity index (χ4n) is 1.28. The molecule has 2 heterocycles. The van der Waals surface area contributed by atoms with Gasteiger partial charge in [0.25, 0.3) is 0 Å². The van der Waals surface area contributed by atoms with Crippen molar-refractivity contribution in [2.24, 2.45) is 11.0 Å². The minimum Gasteiger partial charge on any atom is -0.367 e. The maximum atomic E-state index is 5.46. The van der Waals surface area contributed by atoms with Crippen molar-refractivity contribution in [1.29, 1.82) is 0 Å². The second-order valence-electron chi connectivity index (χ2n) is 2.61. The Hall–Kier alpha value is 0.160. The largest absolute Gasteiger partial charge is 0.367 e. The normalized spacial score (nSPS) is 38.3. The molecular weight excluding hydrogens is 243 g/mol. The van der Waals surface area contributed by atoms with Gasteiger partial charge in [-0.3, -0.25) is 0 Å². The van der Waals surface area contributed by atoms with Crippen LogP contribution in [0.25, 0.3) is 0 Å². The van der Waals surface area contributed by atoms with Crippen molar-refractivity contribution in [3.05, 3.63) is 0 Å². The molecule has 0 aromatic carbocycles. The highest BCUT2D eigenvalue weighted by molar-refractivity contribution is 14.1. The summed E-state index contributed by atoms with van der Waals surface area (Å²) >= 11 is 2.30. The summed E-state index contributed by atoms with van der Waals surface area (Å²) in [6.45, 7) is 1.82. The minimum atomic E-state index is 0.340. The third kappa shape index (κ3) is 1.14. The zero-order chi connectivity index (χ0) is 6.97. The molecule has 0 radical (unpaired) electrons. The highest BCUT2D eigenvalue weighted by Gasteiger charge is 2.28. The van der Waals surface area contributed by atoms with E-state index in [0.717, 1.165) is 19.6 Å². The summed E-state index contributed by atoms with van der Waals surface area (Å²) in [4.78, 5) is 0. The molecule has 10 heavy (non-hydrogen) atoms. The highest BCUT2D eigenvalue weighted by atomic mass is 127. The second kappa shape index (κ2) is 2.65. The van der Waals surface area contributed by atoms with E-state index in [1.807, 2.05) is 0 Å². The van der Waals surface area contributed by atoms with Crippen LogP contribution in [0.2, 0.25) is 0 Å². The van der Waals surface area contributed by atoms with Crippen LogP contribution in [0.3, 0.4) is 0 Å². The first kappa shape index (κ1) is 6.84. The Morgan fingerprint density at radius 3 is 3.50 bits per heavy atom. The third-order valence-corrected chi connectivity index (χ3v) is 2.68. The lowest BCUT2D eigenvalue weighted by Crippen LogP contribution is -2.30. The molecule has 0 amide bonds. The van der Waals surface area contributed by atoms with Crippen molar-refractivity contribution in [1.82, 2.24) is 5.43 Å². The van der Waals surface area contributed by atoms with Gasteiger partial charge >= 0.3 is 0 Å². The van der Waals surface area contributed by atoms with Crippen LogP contribution in [0.5, 0.6) is 0 Å². The number of ether oxygens (including phenoxy) is 1. The first-order valence-electron chi connectivity index (χ1n) is 3.41. The molecule has 3 nitrogen and oxygen atoms in total. The van der Waals surface area contributed by atoms with Gasteiger partial charge in [0.15, 0.2) is 0 Å². The van der Waals surface area contributed by atoms with Crippen LogP contribution < -0.4 is 5.43 Å². The number of nitrogens with zero attached hydrogens (tertiary/aromatic N) is 1. The van der Waals surface area contributed by atoms with Crippen LogP contribution in [-0.2, 0) is 4.74 Å². The van der Waals surface area contributed by atoms with Crippen molar-refractivity contribution in [3.8, 4) is 0 Å². The second-order valence-corrected chi connectivity index (χ2v) is 4.00. The first-order chi connectivity index (χ1) is 4.86. The maximum absolute atomic E-state index is 5.46. The molecule has 1 N–H and O–H groups in total. The molecule has 2 aliphatic rings. The lowest BCUT2D eigenvalue weighted by Gasteiger charge is -2.22. The molecule has 1 fully saturated rings. The molecule has 4 heteroatoms. The van der Waals surface area contributed by atoms with Gasteiger partial charge in [0.2, 0.25) is 0 Å². The topological polar surface area (TPSA) is 33.6 Å². The van der Waals surface area contributed by atoms with Crippen molar-refractivity contribution in [2.45, 2.75) is 10.5 Å². The molecule has 2 atom stereocenters. The van der Waals surface area contributed by atoms with E-state index in [2.05, 4.69) is 33.1 Å². The molecule has 1 saturated heterocycles. The third-order valence-electron chi connectivity index (χ3n) is 1.88. The summed E-state index contributed by atoms with van der Waals surface area (Å²) in [6, 6.07) is 0. The van der Waals surface area contributed by atoms with Crippen molar-refractivity contribution in [2.75, 3.05) is 13.2 Å². The lowest BCUT2D eigenvalue weighted by molar-refractivity contribution is 0.0968. The summed E-state index contributed by atoms with van der Waals surface area (Å²) < 4.78 is 5.80. The molecule has 0 saturated carbocycles. The molecular formula is C6H9IN2O. The van der Waals surface area contributed by atoms with E-state index < -0.39 is 0 Å². The van der Waals surface area contributed by atoms with Gasteiger partial charge in [-0.2, -0.15) is 5.10 Å². The van der Waals surface area contributed by atoms with E-state index in [-0.39, 0.29) is 0 Å². The number of hydrogen-bond donors (Lipinski definition) is 1. The van der Waals surface area contributed by atoms with Gasteiger partial charge < -0.3 is 10.2 Å². The Labute approximate surface area is 73.3 Å². The first-order valence-corrected chi connectivity index (χ1v) is 4.66. The molecule has 56 valence electrons. The van der Waals surface area contributed by atoms with Crippen LogP contribution in [0, 0.1) is 5.92 Å². The number of alkyl halides is 1. The van der Waals surface area contributed by atoms with Gasteiger partial charge in [-0.15, -0.1) is 0 Å². The predicted molar refractivity (Wildman–Crippen MR) is 47.3 cm³/mol. The number of rotatable bonds is 0. The highest BCUT2D eigenvalue weighted by Crippen LogP contribution is 2.22. The summed E-state index contributed by atoms with van der Waals surface area (Å²) in [5, 5.41) is 4.19. The van der Waals surface area contributed by atoms with Gasteiger partial charge in [-0.1, -0.05) is 22.6 Å². The maximum Gasteiger partial charge on any atom is 0.114 e. The molecule has 0 spiro atoms. The standard InChI is InChI=1S/C6H9IN2O/c7-6-1-5-4(3-10-6)2-8-9-5/h4,6,8H,1-3H2. The number of hydrazone groups is 1. The predicted octanol–water partition coefficient (Wildman–Crippen LogP) is 0.743. The Bertz CT molecular complexity index is 171. The molecule has 0 bridgehead atoms. The molecule has 2 rings (SSSR count). The van der Waals surface area contributed by atoms with E-state index in [0.29, 0.717) is 10.0 Å². The Morgan fingerprint density at radius 1 is 1.70 bits per heavy atom. The minimum absolute atomic E-state index is 0.340. The van der Waals surface area contributed by atoms with Crippen molar-refractivity contribution < 1.29 is 4.74 Å². The average molecular weight is 252 g/mol. The van der Waals surface area contributed by atoms with Crippen LogP contribution in [0.4, 0.5) is 0 Å². The van der Waals surface area contributed by atoms with Crippen molar-refractivity contribution in [3.63, 3.8) is 0 Å². The molecule has 0 aromatic rings. The zero-order valence-corrected chi connectivity index (χ0v) is 7.67.